The van der Waals surface area contributed by atoms with Crippen molar-refractivity contribution in [1.29, 1.82) is 0 Å². The molecule has 3 rings (SSSR count). The van der Waals surface area contributed by atoms with Crippen LogP contribution in [0.1, 0.15) is 66.4 Å². The van der Waals surface area contributed by atoms with Crippen LogP contribution in [0.25, 0.3) is 0 Å². The van der Waals surface area contributed by atoms with Gasteiger partial charge in [0.15, 0.2) is 0 Å². The minimum atomic E-state index is -0.00640. The number of carbonyl (C=O) groups is 2. The summed E-state index contributed by atoms with van der Waals surface area (Å²) < 4.78 is 0. The van der Waals surface area contributed by atoms with Crippen LogP contribution in [-0.2, 0) is 4.79 Å². The van der Waals surface area contributed by atoms with Gasteiger partial charge in [0.2, 0.25) is 5.91 Å². The SMILES string of the molecule is Cc1ncc(C(=O)N2CCCCC2)c([C@H]2CCCCN2CC(=O)N(C)C)n1. The van der Waals surface area contributed by atoms with E-state index < -0.39 is 0 Å². The normalized spacial score (nSPS) is 21.1. The second-order valence-electron chi connectivity index (χ2n) is 7.84. The number of amides is 2. The minimum absolute atomic E-state index is 0.00640. The largest absolute Gasteiger partial charge is 0.348 e. The standard InChI is InChI=1S/C20H31N5O2/c1-15-21-13-16(20(27)24-10-6-4-7-11-24)19(22-15)17-9-5-8-12-25(17)14-18(26)23(2)3/h13,17H,4-12,14H2,1-3H3/t17-/m1/s1. The maximum atomic E-state index is 13.2. The number of nitrogens with zero attached hydrogens (tertiary/aromatic N) is 5. The van der Waals surface area contributed by atoms with Gasteiger partial charge >= 0.3 is 0 Å². The molecular weight excluding hydrogens is 342 g/mol. The van der Waals surface area contributed by atoms with Gasteiger partial charge in [0.25, 0.3) is 5.91 Å². The second kappa shape index (κ2) is 8.78. The smallest absolute Gasteiger partial charge is 0.257 e. The van der Waals surface area contributed by atoms with Crippen molar-refractivity contribution in [2.45, 2.75) is 51.5 Å². The van der Waals surface area contributed by atoms with Crippen LogP contribution in [0, 0.1) is 6.92 Å². The number of likely N-dealkylation sites (N-methyl/N-ethyl adjacent to an activating group) is 1. The van der Waals surface area contributed by atoms with Gasteiger partial charge < -0.3 is 9.80 Å². The molecule has 7 heteroatoms. The number of hydrogen-bond acceptors (Lipinski definition) is 5. The highest BCUT2D eigenvalue weighted by Gasteiger charge is 2.32. The molecule has 0 bridgehead atoms. The monoisotopic (exact) mass is 373 g/mol. The molecule has 2 amide bonds. The molecule has 148 valence electrons. The zero-order chi connectivity index (χ0) is 19.4. The van der Waals surface area contributed by atoms with Gasteiger partial charge in [-0.3, -0.25) is 14.5 Å². The number of carbonyl (C=O) groups excluding carboxylic acids is 2. The van der Waals surface area contributed by atoms with Crippen LogP contribution in [0.4, 0.5) is 0 Å². The topological polar surface area (TPSA) is 69.6 Å². The van der Waals surface area contributed by atoms with Crippen LogP contribution in [0.15, 0.2) is 6.20 Å². The quantitative estimate of drug-likeness (QED) is 0.808. The van der Waals surface area contributed by atoms with Crippen LogP contribution in [0.2, 0.25) is 0 Å². The molecule has 0 saturated carbocycles. The van der Waals surface area contributed by atoms with Crippen LogP contribution < -0.4 is 0 Å². The molecule has 0 N–H and O–H groups in total. The highest BCUT2D eigenvalue weighted by Crippen LogP contribution is 2.32. The fraction of sp³-hybridized carbons (Fsp3) is 0.700. The van der Waals surface area contributed by atoms with E-state index in [1.54, 1.807) is 25.2 Å². The average Bonchev–Trinajstić information content (AvgIpc) is 2.68. The lowest BCUT2D eigenvalue weighted by Crippen LogP contribution is -2.43. The molecule has 0 spiro atoms. The Bertz CT molecular complexity index is 685. The number of hydrogen-bond donors (Lipinski definition) is 0. The van der Waals surface area contributed by atoms with E-state index in [1.807, 2.05) is 11.8 Å². The Labute approximate surface area is 161 Å². The molecule has 27 heavy (non-hydrogen) atoms. The molecule has 3 heterocycles. The molecule has 0 aliphatic carbocycles. The van der Waals surface area contributed by atoms with Crippen molar-refractivity contribution in [2.75, 3.05) is 40.3 Å². The Balaban J connectivity index is 1.89. The number of likely N-dealkylation sites (tertiary alicyclic amines) is 2. The van der Waals surface area contributed by atoms with E-state index in [9.17, 15) is 9.59 Å². The minimum Gasteiger partial charge on any atom is -0.348 e. The third-order valence-corrected chi connectivity index (χ3v) is 5.58. The van der Waals surface area contributed by atoms with Gasteiger partial charge in [-0.2, -0.15) is 0 Å². The lowest BCUT2D eigenvalue weighted by atomic mass is 9.95. The summed E-state index contributed by atoms with van der Waals surface area (Å²) in [4.78, 5) is 40.2. The van der Waals surface area contributed by atoms with Crippen molar-refractivity contribution < 1.29 is 9.59 Å². The van der Waals surface area contributed by atoms with Crippen LogP contribution in [0.5, 0.6) is 0 Å². The molecule has 1 aromatic heterocycles. The molecule has 1 aromatic rings. The number of rotatable bonds is 4. The number of aryl methyl sites for hydroxylation is 1. The summed E-state index contributed by atoms with van der Waals surface area (Å²) in [5.41, 5.74) is 1.40. The zero-order valence-electron chi connectivity index (χ0n) is 16.8. The van der Waals surface area contributed by atoms with Crippen molar-refractivity contribution in [3.63, 3.8) is 0 Å². The van der Waals surface area contributed by atoms with E-state index in [0.29, 0.717) is 17.9 Å². The van der Waals surface area contributed by atoms with E-state index in [2.05, 4.69) is 14.9 Å². The molecule has 1 atom stereocenters. The molecule has 7 nitrogen and oxygen atoms in total. The Morgan fingerprint density at radius 3 is 2.52 bits per heavy atom. The fourth-order valence-electron chi connectivity index (χ4n) is 3.98. The third kappa shape index (κ3) is 4.64. The summed E-state index contributed by atoms with van der Waals surface area (Å²) in [6.45, 7) is 4.68. The first kappa shape index (κ1) is 19.7. The maximum Gasteiger partial charge on any atom is 0.257 e. The van der Waals surface area contributed by atoms with Crippen molar-refractivity contribution in [1.82, 2.24) is 24.7 Å². The fourth-order valence-corrected chi connectivity index (χ4v) is 3.98. The molecule has 2 aliphatic rings. The molecule has 2 aliphatic heterocycles. The van der Waals surface area contributed by atoms with Crippen molar-refractivity contribution in [3.8, 4) is 0 Å². The summed E-state index contributed by atoms with van der Waals surface area (Å²) >= 11 is 0. The van der Waals surface area contributed by atoms with Gasteiger partial charge in [-0.15, -0.1) is 0 Å². The molecule has 0 unspecified atom stereocenters. The van der Waals surface area contributed by atoms with Gasteiger partial charge in [0.05, 0.1) is 23.8 Å². The number of piperidine rings is 2. The second-order valence-corrected chi connectivity index (χ2v) is 7.84. The predicted octanol–water partition coefficient (Wildman–Crippen LogP) is 2.03. The van der Waals surface area contributed by atoms with Gasteiger partial charge in [0.1, 0.15) is 5.82 Å². The van der Waals surface area contributed by atoms with Crippen LogP contribution >= 0.6 is 0 Å². The summed E-state index contributed by atoms with van der Waals surface area (Å²) in [7, 11) is 3.56. The van der Waals surface area contributed by atoms with Gasteiger partial charge in [0, 0.05) is 33.4 Å². The summed E-state index contributed by atoms with van der Waals surface area (Å²) in [6.07, 6.45) is 8.05. The van der Waals surface area contributed by atoms with E-state index >= 15 is 0 Å². The van der Waals surface area contributed by atoms with Gasteiger partial charge in [-0.05, 0) is 45.6 Å². The third-order valence-electron chi connectivity index (χ3n) is 5.58. The molecule has 2 saturated heterocycles. The van der Waals surface area contributed by atoms with Gasteiger partial charge in [-0.1, -0.05) is 6.42 Å². The Morgan fingerprint density at radius 1 is 1.11 bits per heavy atom. The highest BCUT2D eigenvalue weighted by atomic mass is 16.2. The lowest BCUT2D eigenvalue weighted by Gasteiger charge is -2.36. The van der Waals surface area contributed by atoms with Crippen LogP contribution in [-0.4, -0.2) is 76.8 Å². The van der Waals surface area contributed by atoms with Crippen LogP contribution in [0.3, 0.4) is 0 Å². The highest BCUT2D eigenvalue weighted by molar-refractivity contribution is 5.95. The van der Waals surface area contributed by atoms with E-state index in [0.717, 1.165) is 57.4 Å². The Hall–Kier alpha value is -2.02. The molecule has 0 aromatic carbocycles. The van der Waals surface area contributed by atoms with Crippen molar-refractivity contribution in [3.05, 3.63) is 23.3 Å². The summed E-state index contributed by atoms with van der Waals surface area (Å²) in [5, 5.41) is 0. The van der Waals surface area contributed by atoms with Crippen molar-refractivity contribution in [2.24, 2.45) is 0 Å². The van der Waals surface area contributed by atoms with E-state index in [1.165, 1.54) is 6.42 Å². The first-order valence-electron chi connectivity index (χ1n) is 10.0. The van der Waals surface area contributed by atoms with E-state index in [-0.39, 0.29) is 17.9 Å². The summed E-state index contributed by atoms with van der Waals surface area (Å²) in [5.74, 6) is 0.787. The maximum absolute atomic E-state index is 13.2. The Kier molecular flexibility index (Phi) is 6.42. The van der Waals surface area contributed by atoms with E-state index in [4.69, 9.17) is 0 Å². The first-order chi connectivity index (χ1) is 13.0. The lowest BCUT2D eigenvalue weighted by molar-refractivity contribution is -0.130. The first-order valence-corrected chi connectivity index (χ1v) is 10.0. The van der Waals surface area contributed by atoms with Crippen molar-refractivity contribution >= 4 is 11.8 Å². The Morgan fingerprint density at radius 2 is 1.81 bits per heavy atom. The molecule has 0 radical (unpaired) electrons. The average molecular weight is 374 g/mol. The summed E-state index contributed by atoms with van der Waals surface area (Å²) in [6, 6.07) is -0.00640. The predicted molar refractivity (Wildman–Crippen MR) is 103 cm³/mol. The zero-order valence-corrected chi connectivity index (χ0v) is 16.8. The van der Waals surface area contributed by atoms with Gasteiger partial charge in [-0.25, -0.2) is 9.97 Å². The molecule has 2 fully saturated rings. The molecular formula is C20H31N5O2. The number of aromatic nitrogens is 2.